The van der Waals surface area contributed by atoms with Crippen LogP contribution < -0.4 is 0 Å². The first-order valence-electron chi connectivity index (χ1n) is 14.1. The molecule has 4 nitrogen and oxygen atoms in total. The van der Waals surface area contributed by atoms with Crippen molar-refractivity contribution in [3.8, 4) is 0 Å². The van der Waals surface area contributed by atoms with Crippen molar-refractivity contribution in [1.29, 1.82) is 0 Å². The van der Waals surface area contributed by atoms with Crippen LogP contribution in [0.1, 0.15) is 86.5 Å². The van der Waals surface area contributed by atoms with Crippen LogP contribution in [0.3, 0.4) is 0 Å². The van der Waals surface area contributed by atoms with E-state index in [-0.39, 0.29) is 17.8 Å². The number of hydrogen-bond donors (Lipinski definition) is 3. The summed E-state index contributed by atoms with van der Waals surface area (Å²) in [4.78, 5) is 13.0. The zero-order chi connectivity index (χ0) is 24.8. The van der Waals surface area contributed by atoms with Gasteiger partial charge in [0.05, 0.1) is 18.3 Å². The van der Waals surface area contributed by atoms with Gasteiger partial charge in [0.25, 0.3) is 0 Å². The molecule has 0 spiro atoms. The van der Waals surface area contributed by atoms with Crippen molar-refractivity contribution in [1.82, 2.24) is 0 Å². The lowest BCUT2D eigenvalue weighted by molar-refractivity contribution is -0.167. The predicted molar refractivity (Wildman–Crippen MR) is 134 cm³/mol. The first-order valence-corrected chi connectivity index (χ1v) is 14.1. The fourth-order valence-electron chi connectivity index (χ4n) is 10.3. The topological polar surface area (TPSA) is 77.8 Å². The van der Waals surface area contributed by atoms with Crippen LogP contribution in [0.15, 0.2) is 11.6 Å². The van der Waals surface area contributed by atoms with E-state index in [0.717, 1.165) is 24.8 Å². The van der Waals surface area contributed by atoms with E-state index in [2.05, 4.69) is 47.6 Å². The second-order valence-electron chi connectivity index (χ2n) is 14.0. The average molecular weight is 473 g/mol. The summed E-state index contributed by atoms with van der Waals surface area (Å²) in [5.41, 5.74) is 0.555. The van der Waals surface area contributed by atoms with Crippen LogP contribution in [0.25, 0.3) is 0 Å². The molecule has 13 unspecified atom stereocenters. The molecule has 0 heterocycles. The molecule has 0 saturated heterocycles. The molecule has 13 atom stereocenters. The first-order chi connectivity index (χ1) is 15.9. The molecule has 0 bridgehead atoms. The molecule has 0 aromatic carbocycles. The Kier molecular flexibility index (Phi) is 5.98. The van der Waals surface area contributed by atoms with Crippen molar-refractivity contribution in [2.24, 2.45) is 63.6 Å². The Hall–Kier alpha value is -0.710. The minimum atomic E-state index is -0.644. The maximum atomic E-state index is 13.0. The number of allylic oxidation sites excluding steroid dienone is 1. The van der Waals surface area contributed by atoms with Gasteiger partial charge < -0.3 is 20.1 Å². The van der Waals surface area contributed by atoms with Crippen molar-refractivity contribution in [2.75, 3.05) is 0 Å². The third-order valence-corrected chi connectivity index (χ3v) is 12.7. The zero-order valence-electron chi connectivity index (χ0n) is 22.2. The number of aldehydes is 1. The number of carbonyl (C=O) groups is 1. The van der Waals surface area contributed by atoms with Crippen LogP contribution in [0.2, 0.25) is 0 Å². The van der Waals surface area contributed by atoms with Gasteiger partial charge >= 0.3 is 0 Å². The van der Waals surface area contributed by atoms with Crippen molar-refractivity contribution in [3.05, 3.63) is 11.6 Å². The van der Waals surface area contributed by atoms with Crippen LogP contribution in [0, 0.1) is 63.6 Å². The van der Waals surface area contributed by atoms with Gasteiger partial charge in [-0.25, -0.2) is 0 Å². The Morgan fingerprint density at radius 1 is 1.03 bits per heavy atom. The number of rotatable bonds is 5. The molecule has 0 aromatic rings. The molecule has 5 aliphatic carbocycles. The third-order valence-electron chi connectivity index (χ3n) is 12.7. The number of aliphatic hydroxyl groups excluding tert-OH is 3. The SMILES string of the molecule is CC(C)C(C)C1(C)CC1C(C)C1CCC2C3CC=C4CC(O)CC(O)C4(C)C3C(O)CC12C=O. The Bertz CT molecular complexity index is 851. The molecule has 5 rings (SSSR count). The van der Waals surface area contributed by atoms with Gasteiger partial charge in [-0.15, -0.1) is 0 Å². The van der Waals surface area contributed by atoms with Gasteiger partial charge in [0.15, 0.2) is 0 Å². The number of fused-ring (bicyclic) bond motifs is 5. The van der Waals surface area contributed by atoms with Crippen LogP contribution in [0.4, 0.5) is 0 Å². The molecule has 0 aromatic heterocycles. The summed E-state index contributed by atoms with van der Waals surface area (Å²) in [5, 5.41) is 33.1. The van der Waals surface area contributed by atoms with E-state index in [1.165, 1.54) is 12.7 Å². The zero-order valence-corrected chi connectivity index (χ0v) is 22.2. The Balaban J connectivity index is 1.44. The molecule has 5 aliphatic rings. The van der Waals surface area contributed by atoms with Crippen molar-refractivity contribution < 1.29 is 20.1 Å². The fourth-order valence-corrected chi connectivity index (χ4v) is 10.3. The van der Waals surface area contributed by atoms with E-state index < -0.39 is 29.1 Å². The van der Waals surface area contributed by atoms with Gasteiger partial charge in [-0.2, -0.15) is 0 Å². The van der Waals surface area contributed by atoms with Gasteiger partial charge in [0, 0.05) is 17.3 Å². The highest BCUT2D eigenvalue weighted by molar-refractivity contribution is 5.62. The molecule has 4 heteroatoms. The summed E-state index contributed by atoms with van der Waals surface area (Å²) in [6.45, 7) is 14.0. The number of hydrogen-bond acceptors (Lipinski definition) is 4. The maximum Gasteiger partial charge on any atom is 0.126 e. The highest BCUT2D eigenvalue weighted by Crippen LogP contribution is 2.70. The summed E-state index contributed by atoms with van der Waals surface area (Å²) in [6, 6.07) is 0. The minimum absolute atomic E-state index is 0.0331. The summed E-state index contributed by atoms with van der Waals surface area (Å²) in [5.74, 6) is 3.32. The largest absolute Gasteiger partial charge is 0.393 e. The van der Waals surface area contributed by atoms with Crippen LogP contribution in [0.5, 0.6) is 0 Å². The molecule has 0 aliphatic heterocycles. The van der Waals surface area contributed by atoms with Gasteiger partial charge in [-0.05, 0) is 91.3 Å². The molecule has 192 valence electrons. The summed E-state index contributed by atoms with van der Waals surface area (Å²) >= 11 is 0. The molecule has 0 amide bonds. The van der Waals surface area contributed by atoms with Crippen LogP contribution in [-0.4, -0.2) is 39.9 Å². The maximum absolute atomic E-state index is 13.0. The molecule has 4 fully saturated rings. The van der Waals surface area contributed by atoms with Crippen molar-refractivity contribution >= 4 is 6.29 Å². The average Bonchev–Trinajstić information content (AvgIpc) is 3.33. The normalized spacial score (nSPS) is 53.9. The number of aliphatic hydroxyl groups is 3. The third kappa shape index (κ3) is 3.23. The van der Waals surface area contributed by atoms with E-state index in [4.69, 9.17) is 0 Å². The molecule has 0 radical (unpaired) electrons. The lowest BCUT2D eigenvalue weighted by atomic mass is 9.45. The van der Waals surface area contributed by atoms with E-state index in [1.54, 1.807) is 0 Å². The van der Waals surface area contributed by atoms with E-state index >= 15 is 0 Å². The van der Waals surface area contributed by atoms with Gasteiger partial charge in [0.1, 0.15) is 6.29 Å². The highest BCUT2D eigenvalue weighted by atomic mass is 16.3. The van der Waals surface area contributed by atoms with Crippen LogP contribution >= 0.6 is 0 Å². The Morgan fingerprint density at radius 2 is 1.74 bits per heavy atom. The lowest BCUT2D eigenvalue weighted by Crippen LogP contribution is -2.61. The van der Waals surface area contributed by atoms with E-state index in [0.29, 0.717) is 54.3 Å². The smallest absolute Gasteiger partial charge is 0.126 e. The second-order valence-corrected chi connectivity index (χ2v) is 14.0. The molecule has 34 heavy (non-hydrogen) atoms. The quantitative estimate of drug-likeness (QED) is 0.389. The van der Waals surface area contributed by atoms with Crippen LogP contribution in [-0.2, 0) is 4.79 Å². The summed E-state index contributed by atoms with van der Waals surface area (Å²) in [6.07, 6.45) is 7.56. The van der Waals surface area contributed by atoms with Crippen molar-refractivity contribution in [3.63, 3.8) is 0 Å². The van der Waals surface area contributed by atoms with Crippen molar-refractivity contribution in [2.45, 2.75) is 105 Å². The van der Waals surface area contributed by atoms with E-state index in [1.807, 2.05) is 0 Å². The molecule has 4 saturated carbocycles. The summed E-state index contributed by atoms with van der Waals surface area (Å²) < 4.78 is 0. The lowest BCUT2D eigenvalue weighted by Gasteiger charge is -2.60. The monoisotopic (exact) mass is 472 g/mol. The molecular weight excluding hydrogens is 424 g/mol. The summed E-state index contributed by atoms with van der Waals surface area (Å²) in [7, 11) is 0. The second kappa shape index (κ2) is 8.15. The van der Waals surface area contributed by atoms with Gasteiger partial charge in [0.2, 0.25) is 0 Å². The molecule has 3 N–H and O–H groups in total. The van der Waals surface area contributed by atoms with Gasteiger partial charge in [-0.1, -0.05) is 53.2 Å². The minimum Gasteiger partial charge on any atom is -0.393 e. The Labute approximate surface area is 206 Å². The van der Waals surface area contributed by atoms with E-state index in [9.17, 15) is 20.1 Å². The fraction of sp³-hybridized carbons (Fsp3) is 0.900. The number of carbonyl (C=O) groups excluding carboxylic acids is 1. The predicted octanol–water partition coefficient (Wildman–Crippen LogP) is 5.00. The highest BCUT2D eigenvalue weighted by Gasteiger charge is 2.67. The standard InChI is InChI=1S/C30H48O4/c1-16(2)18(4)28(5)13-24(28)17(3)22-9-10-23-21-8-7-19-11-20(32)12-26(34)29(19,6)27(21)25(33)14-30(22,23)15-31/h7,15-18,20-27,32-34H,8-14H2,1-6H3. The Morgan fingerprint density at radius 3 is 2.38 bits per heavy atom. The van der Waals surface area contributed by atoms with Gasteiger partial charge in [-0.3, -0.25) is 0 Å². The molecular formula is C30H48O4. The first kappa shape index (κ1) is 25.0.